The minimum Gasteiger partial charge on any atom is -0.484 e. The Balaban J connectivity index is 1.99. The summed E-state index contributed by atoms with van der Waals surface area (Å²) in [5, 5.41) is 11.7. The summed E-state index contributed by atoms with van der Waals surface area (Å²) in [4.78, 5) is 26.9. The van der Waals surface area contributed by atoms with Gasteiger partial charge in [-0.25, -0.2) is 5.43 Å². The number of hydrazone groups is 1. The van der Waals surface area contributed by atoms with Crippen LogP contribution in [-0.4, -0.2) is 52.4 Å². The summed E-state index contributed by atoms with van der Waals surface area (Å²) >= 11 is 0. The number of hydrogen-bond acceptors (Lipinski definition) is 7. The van der Waals surface area contributed by atoms with Crippen molar-refractivity contribution in [3.05, 3.63) is 45.9 Å². The van der Waals surface area contributed by atoms with Crippen molar-refractivity contribution in [2.45, 2.75) is 13.8 Å². The zero-order chi connectivity index (χ0) is 18.4. The van der Waals surface area contributed by atoms with Crippen molar-refractivity contribution in [2.24, 2.45) is 5.10 Å². The Morgan fingerprint density at radius 3 is 2.56 bits per heavy atom. The van der Waals surface area contributed by atoms with Gasteiger partial charge in [-0.15, -0.1) is 10.2 Å². The number of carbonyl (C=O) groups is 1. The molecule has 0 saturated heterocycles. The highest BCUT2D eigenvalue weighted by atomic mass is 16.5. The molecule has 0 unspecified atom stereocenters. The standard InChI is InChI=1S/C16H20N6O3/c1-10(18-20-16-17-15(24)11(2)19-21-16)12-5-7-13(8-6-12)25-9-14(23)22(3)4/h5-8H,9H2,1-4H3,(H2,17,20,21,24)/b18-10-. The molecule has 0 radical (unpaired) electrons. The molecular formula is C16H20N6O3. The fraction of sp³-hybridized carbons (Fsp3) is 0.312. The molecule has 1 aromatic carbocycles. The molecule has 0 spiro atoms. The lowest BCUT2D eigenvalue weighted by molar-refractivity contribution is -0.130. The lowest BCUT2D eigenvalue weighted by atomic mass is 10.1. The molecular weight excluding hydrogens is 324 g/mol. The van der Waals surface area contributed by atoms with Crippen LogP contribution in [0.5, 0.6) is 5.75 Å². The van der Waals surface area contributed by atoms with Crippen LogP contribution in [0.2, 0.25) is 0 Å². The van der Waals surface area contributed by atoms with Gasteiger partial charge in [0.2, 0.25) is 5.95 Å². The van der Waals surface area contributed by atoms with Crippen LogP contribution in [0.4, 0.5) is 5.95 Å². The first-order valence-corrected chi connectivity index (χ1v) is 7.54. The fourth-order valence-electron chi connectivity index (χ4n) is 1.71. The summed E-state index contributed by atoms with van der Waals surface area (Å²) in [6, 6.07) is 7.15. The van der Waals surface area contributed by atoms with Gasteiger partial charge in [0.15, 0.2) is 6.61 Å². The number of nitrogens with one attached hydrogen (secondary N) is 2. The quantitative estimate of drug-likeness (QED) is 0.591. The molecule has 0 fully saturated rings. The molecule has 9 heteroatoms. The second kappa shape index (κ2) is 8.04. The van der Waals surface area contributed by atoms with Crippen LogP contribution in [-0.2, 0) is 4.79 Å². The zero-order valence-corrected chi connectivity index (χ0v) is 14.5. The van der Waals surface area contributed by atoms with Gasteiger partial charge in [0.05, 0.1) is 5.71 Å². The van der Waals surface area contributed by atoms with Gasteiger partial charge < -0.3 is 9.64 Å². The number of hydrogen-bond donors (Lipinski definition) is 2. The first kappa shape index (κ1) is 18.1. The number of likely N-dealkylation sites (N-methyl/N-ethyl adjacent to an activating group) is 1. The fourth-order valence-corrected chi connectivity index (χ4v) is 1.71. The highest BCUT2D eigenvalue weighted by Gasteiger charge is 2.05. The number of anilines is 1. The molecule has 0 aliphatic heterocycles. The molecule has 2 aromatic rings. The van der Waals surface area contributed by atoms with Crippen molar-refractivity contribution in [2.75, 3.05) is 26.1 Å². The lowest BCUT2D eigenvalue weighted by Crippen LogP contribution is -2.27. The van der Waals surface area contributed by atoms with E-state index in [1.807, 2.05) is 12.1 Å². The van der Waals surface area contributed by atoms with Crippen LogP contribution in [0.3, 0.4) is 0 Å². The number of H-pyrrole nitrogens is 1. The molecule has 9 nitrogen and oxygen atoms in total. The summed E-state index contributed by atoms with van der Waals surface area (Å²) < 4.78 is 5.41. The Hall–Kier alpha value is -3.23. The first-order valence-electron chi connectivity index (χ1n) is 7.54. The Labute approximate surface area is 144 Å². The summed E-state index contributed by atoms with van der Waals surface area (Å²) in [5.41, 5.74) is 4.15. The number of rotatable bonds is 6. The lowest BCUT2D eigenvalue weighted by Gasteiger charge is -2.11. The largest absolute Gasteiger partial charge is 0.484 e. The third-order valence-corrected chi connectivity index (χ3v) is 3.32. The van der Waals surface area contributed by atoms with Crippen LogP contribution in [0, 0.1) is 6.92 Å². The second-order valence-corrected chi connectivity index (χ2v) is 5.50. The third kappa shape index (κ3) is 5.13. The number of benzene rings is 1. The van der Waals surface area contributed by atoms with Gasteiger partial charge in [-0.3, -0.25) is 14.6 Å². The van der Waals surface area contributed by atoms with Crippen LogP contribution >= 0.6 is 0 Å². The van der Waals surface area contributed by atoms with Crippen LogP contribution in [0.25, 0.3) is 0 Å². The highest BCUT2D eigenvalue weighted by Crippen LogP contribution is 2.13. The molecule has 0 saturated carbocycles. The van der Waals surface area contributed by atoms with Crippen molar-refractivity contribution in [3.8, 4) is 5.75 Å². The molecule has 2 N–H and O–H groups in total. The molecule has 2 rings (SSSR count). The van der Waals surface area contributed by atoms with Crippen molar-refractivity contribution in [3.63, 3.8) is 0 Å². The third-order valence-electron chi connectivity index (χ3n) is 3.32. The maximum absolute atomic E-state index is 11.5. The van der Waals surface area contributed by atoms with E-state index >= 15 is 0 Å². The van der Waals surface area contributed by atoms with E-state index < -0.39 is 0 Å². The first-order chi connectivity index (χ1) is 11.9. The average molecular weight is 344 g/mol. The van der Waals surface area contributed by atoms with Gasteiger partial charge in [0.1, 0.15) is 11.4 Å². The van der Waals surface area contributed by atoms with E-state index in [2.05, 4.69) is 25.7 Å². The molecule has 1 amide bonds. The normalized spacial score (nSPS) is 11.1. The SMILES string of the molecule is C/C(=N/Nc1nnc(C)c(=O)[nH]1)c1ccc(OCC(=O)N(C)C)cc1. The van der Waals surface area contributed by atoms with E-state index in [1.165, 1.54) is 4.90 Å². The van der Waals surface area contributed by atoms with Gasteiger partial charge in [-0.2, -0.15) is 5.10 Å². The van der Waals surface area contributed by atoms with Crippen LogP contribution in [0.15, 0.2) is 34.2 Å². The Kier molecular flexibility index (Phi) is 5.83. The van der Waals surface area contributed by atoms with Crippen molar-refractivity contribution >= 4 is 17.6 Å². The van der Waals surface area contributed by atoms with Crippen LogP contribution < -0.4 is 15.7 Å². The number of amides is 1. The topological polar surface area (TPSA) is 113 Å². The minimum atomic E-state index is -0.320. The van der Waals surface area contributed by atoms with E-state index in [0.717, 1.165) is 5.56 Å². The van der Waals surface area contributed by atoms with Crippen molar-refractivity contribution in [1.82, 2.24) is 20.1 Å². The second-order valence-electron chi connectivity index (χ2n) is 5.50. The monoisotopic (exact) mass is 344 g/mol. The van der Waals surface area contributed by atoms with E-state index in [0.29, 0.717) is 11.5 Å². The Bertz CT molecular complexity index is 827. The van der Waals surface area contributed by atoms with Crippen molar-refractivity contribution in [1.29, 1.82) is 0 Å². The number of carbonyl (C=O) groups excluding carboxylic acids is 1. The molecule has 132 valence electrons. The molecule has 0 aliphatic rings. The Morgan fingerprint density at radius 2 is 1.96 bits per heavy atom. The number of aromatic nitrogens is 3. The van der Waals surface area contributed by atoms with E-state index in [1.54, 1.807) is 40.1 Å². The van der Waals surface area contributed by atoms with Crippen LogP contribution in [0.1, 0.15) is 18.2 Å². The molecule has 0 atom stereocenters. The number of nitrogens with zero attached hydrogens (tertiary/aromatic N) is 4. The molecule has 25 heavy (non-hydrogen) atoms. The van der Waals surface area contributed by atoms with E-state index in [-0.39, 0.29) is 29.7 Å². The molecule has 0 bridgehead atoms. The average Bonchev–Trinajstić information content (AvgIpc) is 2.60. The van der Waals surface area contributed by atoms with Gasteiger partial charge >= 0.3 is 0 Å². The van der Waals surface area contributed by atoms with Gasteiger partial charge in [0, 0.05) is 14.1 Å². The minimum absolute atomic E-state index is 0.0135. The van der Waals surface area contributed by atoms with E-state index in [9.17, 15) is 9.59 Å². The summed E-state index contributed by atoms with van der Waals surface area (Å²) in [7, 11) is 3.35. The highest BCUT2D eigenvalue weighted by molar-refractivity contribution is 5.99. The Morgan fingerprint density at radius 1 is 1.28 bits per heavy atom. The zero-order valence-electron chi connectivity index (χ0n) is 14.5. The predicted octanol–water partition coefficient (Wildman–Crippen LogP) is 0.776. The number of ether oxygens (including phenoxy) is 1. The molecule has 1 aromatic heterocycles. The smallest absolute Gasteiger partial charge is 0.274 e. The molecule has 1 heterocycles. The summed E-state index contributed by atoms with van der Waals surface area (Å²) in [5.74, 6) is 0.643. The van der Waals surface area contributed by atoms with E-state index in [4.69, 9.17) is 4.74 Å². The maximum Gasteiger partial charge on any atom is 0.274 e. The molecule has 0 aliphatic carbocycles. The van der Waals surface area contributed by atoms with Gasteiger partial charge in [0.25, 0.3) is 11.5 Å². The number of aromatic amines is 1. The van der Waals surface area contributed by atoms with Gasteiger partial charge in [-0.05, 0) is 43.7 Å². The van der Waals surface area contributed by atoms with Crippen molar-refractivity contribution < 1.29 is 9.53 Å². The maximum atomic E-state index is 11.5. The van der Waals surface area contributed by atoms with Gasteiger partial charge in [-0.1, -0.05) is 0 Å². The summed E-state index contributed by atoms with van der Waals surface area (Å²) in [6.45, 7) is 3.36. The predicted molar refractivity (Wildman–Crippen MR) is 93.9 cm³/mol. The number of aryl methyl sites for hydroxylation is 1. The summed E-state index contributed by atoms with van der Waals surface area (Å²) in [6.07, 6.45) is 0.